The molecule has 0 spiro atoms. The molecule has 1 fully saturated rings. The second kappa shape index (κ2) is 10.7. The molecule has 1 unspecified atom stereocenters. The van der Waals surface area contributed by atoms with Gasteiger partial charge in [-0.15, -0.1) is 0 Å². The van der Waals surface area contributed by atoms with Gasteiger partial charge >= 0.3 is 0 Å². The molecule has 0 radical (unpaired) electrons. The third-order valence-corrected chi connectivity index (χ3v) is 8.30. The van der Waals surface area contributed by atoms with Crippen LogP contribution in [0.2, 0.25) is 0 Å². The number of benzene rings is 1. The third kappa shape index (κ3) is 5.80. The van der Waals surface area contributed by atoms with Crippen LogP contribution in [0.5, 0.6) is 5.75 Å². The van der Waals surface area contributed by atoms with Gasteiger partial charge in [-0.25, -0.2) is 22.5 Å². The summed E-state index contributed by atoms with van der Waals surface area (Å²) in [6.07, 6.45) is 3.50. The molecule has 4 rings (SSSR count). The van der Waals surface area contributed by atoms with E-state index in [0.717, 1.165) is 6.42 Å². The number of carbonyl (C=O) groups is 1. The van der Waals surface area contributed by atoms with E-state index in [1.165, 1.54) is 42.7 Å². The zero-order valence-corrected chi connectivity index (χ0v) is 23.0. The number of amides is 1. The summed E-state index contributed by atoms with van der Waals surface area (Å²) in [6, 6.07) is 10.4. The number of carbonyl (C=O) groups excluding carboxylic acids is 1. The Bertz CT molecular complexity index is 1430. The number of ether oxygens (including phenoxy) is 1. The molecule has 0 aliphatic carbocycles. The Labute approximate surface area is 223 Å². The zero-order chi connectivity index (χ0) is 27.7. The van der Waals surface area contributed by atoms with Crippen molar-refractivity contribution in [3.8, 4) is 17.0 Å². The maximum Gasteiger partial charge on any atom is 0.268 e. The molecule has 1 saturated heterocycles. The summed E-state index contributed by atoms with van der Waals surface area (Å²) in [6.45, 7) is 11.3. The lowest BCUT2D eigenvalue weighted by atomic mass is 9.90. The monoisotopic (exact) mass is 540 g/mol. The molecular formula is C28H33FN4O4S. The smallest absolute Gasteiger partial charge is 0.268 e. The lowest BCUT2D eigenvalue weighted by molar-refractivity contribution is 0.0981. The van der Waals surface area contributed by atoms with Crippen LogP contribution in [0.4, 0.5) is 10.2 Å². The number of nitrogens with zero attached hydrogens (tertiary/aromatic N) is 3. The van der Waals surface area contributed by atoms with Gasteiger partial charge in [0.1, 0.15) is 22.3 Å². The van der Waals surface area contributed by atoms with Crippen LogP contribution in [0.1, 0.15) is 51.4 Å². The second-order valence-corrected chi connectivity index (χ2v) is 12.2. The number of hydrogen-bond donors (Lipinski definition) is 1. The Hall–Kier alpha value is -3.53. The fourth-order valence-corrected chi connectivity index (χ4v) is 5.33. The summed E-state index contributed by atoms with van der Waals surface area (Å²) in [5, 5.41) is 0. The summed E-state index contributed by atoms with van der Waals surface area (Å²) in [5.74, 6) is 0.0172. The summed E-state index contributed by atoms with van der Waals surface area (Å²) < 4.78 is 48.1. The van der Waals surface area contributed by atoms with Gasteiger partial charge in [-0.1, -0.05) is 20.8 Å². The summed E-state index contributed by atoms with van der Waals surface area (Å²) in [4.78, 5) is 23.9. The first-order valence-electron chi connectivity index (χ1n) is 12.6. The van der Waals surface area contributed by atoms with E-state index in [-0.39, 0.29) is 21.9 Å². The quantitative estimate of drug-likeness (QED) is 0.426. The average molecular weight is 541 g/mol. The summed E-state index contributed by atoms with van der Waals surface area (Å²) in [7, 11) is -4.15. The first-order chi connectivity index (χ1) is 17.9. The molecule has 10 heteroatoms. The maximum absolute atomic E-state index is 14.5. The van der Waals surface area contributed by atoms with E-state index < -0.39 is 21.7 Å². The normalized spacial score (nSPS) is 17.0. The van der Waals surface area contributed by atoms with Crippen LogP contribution in [-0.2, 0) is 10.0 Å². The number of aromatic nitrogens is 2. The van der Waals surface area contributed by atoms with Crippen LogP contribution in [0.3, 0.4) is 0 Å². The standard InChI is InChI=1S/C28H33FN4O4S/c1-18(2)17-37-22-14-20(13-21(29)15-22)25-9-8-24(26(31-25)33-12-10-19(3)28(33,4)5)27(34)32-38(35,36)23-7-6-11-30-16-23/h6-9,11,13-16,18-19H,10,12,17H2,1-5H3,(H,32,34). The summed E-state index contributed by atoms with van der Waals surface area (Å²) >= 11 is 0. The van der Waals surface area contributed by atoms with Crippen molar-refractivity contribution in [1.29, 1.82) is 0 Å². The average Bonchev–Trinajstić information content (AvgIpc) is 3.14. The highest BCUT2D eigenvalue weighted by molar-refractivity contribution is 7.90. The lowest BCUT2D eigenvalue weighted by Gasteiger charge is -2.36. The number of sulfonamides is 1. The minimum absolute atomic E-state index is 0.107. The van der Waals surface area contributed by atoms with Crippen molar-refractivity contribution in [3.63, 3.8) is 0 Å². The van der Waals surface area contributed by atoms with E-state index in [9.17, 15) is 17.6 Å². The minimum Gasteiger partial charge on any atom is -0.493 e. The fraction of sp³-hybridized carbons (Fsp3) is 0.393. The maximum atomic E-state index is 14.5. The van der Waals surface area contributed by atoms with E-state index in [1.54, 1.807) is 12.1 Å². The van der Waals surface area contributed by atoms with Gasteiger partial charge in [0.05, 0.1) is 17.9 Å². The van der Waals surface area contributed by atoms with E-state index in [4.69, 9.17) is 9.72 Å². The van der Waals surface area contributed by atoms with Gasteiger partial charge in [-0.2, -0.15) is 0 Å². The van der Waals surface area contributed by atoms with Gasteiger partial charge < -0.3 is 9.64 Å². The van der Waals surface area contributed by atoms with Gasteiger partial charge in [0, 0.05) is 36.1 Å². The van der Waals surface area contributed by atoms with E-state index in [2.05, 4.69) is 30.5 Å². The van der Waals surface area contributed by atoms with Crippen molar-refractivity contribution in [3.05, 3.63) is 66.2 Å². The molecule has 1 aliphatic heterocycles. The summed E-state index contributed by atoms with van der Waals surface area (Å²) in [5.41, 5.74) is 0.688. The van der Waals surface area contributed by atoms with Crippen molar-refractivity contribution >= 4 is 21.7 Å². The highest BCUT2D eigenvalue weighted by atomic mass is 32.2. The molecule has 1 atom stereocenters. The molecule has 202 valence electrons. The highest BCUT2D eigenvalue weighted by Gasteiger charge is 2.41. The van der Waals surface area contributed by atoms with Gasteiger partial charge in [-0.05, 0) is 68.5 Å². The van der Waals surface area contributed by atoms with Gasteiger partial charge in [0.25, 0.3) is 15.9 Å². The van der Waals surface area contributed by atoms with Crippen LogP contribution in [0, 0.1) is 17.7 Å². The lowest BCUT2D eigenvalue weighted by Crippen LogP contribution is -2.43. The van der Waals surface area contributed by atoms with Crippen molar-refractivity contribution in [2.24, 2.45) is 11.8 Å². The molecule has 1 N–H and O–H groups in total. The zero-order valence-electron chi connectivity index (χ0n) is 22.2. The molecule has 38 heavy (non-hydrogen) atoms. The Morgan fingerprint density at radius 3 is 2.63 bits per heavy atom. The van der Waals surface area contributed by atoms with Gasteiger partial charge in [-0.3, -0.25) is 9.78 Å². The van der Waals surface area contributed by atoms with Gasteiger partial charge in [0.2, 0.25) is 0 Å². The van der Waals surface area contributed by atoms with Gasteiger partial charge in [0.15, 0.2) is 0 Å². The van der Waals surface area contributed by atoms with Crippen molar-refractivity contribution in [2.45, 2.75) is 51.5 Å². The second-order valence-electron chi connectivity index (χ2n) is 10.6. The van der Waals surface area contributed by atoms with Crippen LogP contribution in [0.15, 0.2) is 59.8 Å². The molecule has 1 aliphatic rings. The molecule has 1 aromatic carbocycles. The molecule has 1 amide bonds. The van der Waals surface area contributed by atoms with Crippen molar-refractivity contribution in [2.75, 3.05) is 18.1 Å². The Kier molecular flexibility index (Phi) is 7.73. The van der Waals surface area contributed by atoms with Crippen molar-refractivity contribution in [1.82, 2.24) is 14.7 Å². The SMILES string of the molecule is CC(C)COc1cc(F)cc(-c2ccc(C(=O)NS(=O)(=O)c3cccnc3)c(N3CCC(C)C3(C)C)n2)c1. The molecule has 3 aromatic rings. The molecule has 3 heterocycles. The topological polar surface area (TPSA) is 101 Å². The fourth-order valence-electron chi connectivity index (χ4n) is 4.40. The van der Waals surface area contributed by atoms with E-state index in [0.29, 0.717) is 41.9 Å². The predicted octanol–water partition coefficient (Wildman–Crippen LogP) is 5.06. The number of pyridine rings is 2. The number of anilines is 1. The first kappa shape index (κ1) is 27.5. The Morgan fingerprint density at radius 2 is 2.00 bits per heavy atom. The van der Waals surface area contributed by atoms with E-state index in [1.807, 2.05) is 18.7 Å². The van der Waals surface area contributed by atoms with Crippen LogP contribution >= 0.6 is 0 Å². The van der Waals surface area contributed by atoms with Crippen molar-refractivity contribution < 1.29 is 22.3 Å². The number of halogens is 1. The Morgan fingerprint density at radius 1 is 1.24 bits per heavy atom. The molecular weight excluding hydrogens is 507 g/mol. The number of nitrogens with one attached hydrogen (secondary N) is 1. The third-order valence-electron chi connectivity index (χ3n) is 6.98. The van der Waals surface area contributed by atoms with Crippen LogP contribution < -0.4 is 14.4 Å². The van der Waals surface area contributed by atoms with E-state index >= 15 is 0 Å². The van der Waals surface area contributed by atoms with Crippen LogP contribution in [0.25, 0.3) is 11.3 Å². The number of hydrogen-bond acceptors (Lipinski definition) is 7. The Balaban J connectivity index is 1.76. The predicted molar refractivity (Wildman–Crippen MR) is 144 cm³/mol. The molecule has 8 nitrogen and oxygen atoms in total. The first-order valence-corrected chi connectivity index (χ1v) is 14.1. The molecule has 2 aromatic heterocycles. The largest absolute Gasteiger partial charge is 0.493 e. The highest BCUT2D eigenvalue weighted by Crippen LogP contribution is 2.39. The molecule has 0 saturated carbocycles. The number of rotatable bonds is 8. The molecule has 0 bridgehead atoms. The minimum atomic E-state index is -4.15. The van der Waals surface area contributed by atoms with Crippen LogP contribution in [-0.4, -0.2) is 43.0 Å².